The van der Waals surface area contributed by atoms with Crippen LogP contribution in [0.25, 0.3) is 0 Å². The van der Waals surface area contributed by atoms with E-state index in [9.17, 15) is 16.8 Å². The number of rotatable bonds is 8. The van der Waals surface area contributed by atoms with E-state index in [2.05, 4.69) is 10.0 Å². The smallest absolute Gasteiger partial charge is 0.242 e. The summed E-state index contributed by atoms with van der Waals surface area (Å²) in [5.41, 5.74) is -0.435. The number of methoxy groups -OCH3 is 1. The van der Waals surface area contributed by atoms with E-state index in [1.54, 1.807) is 7.11 Å². The lowest BCUT2D eigenvalue weighted by atomic mass is 9.99. The van der Waals surface area contributed by atoms with Gasteiger partial charge in [-0.1, -0.05) is 6.07 Å². The summed E-state index contributed by atoms with van der Waals surface area (Å²) in [5, 5.41) is 3.29. The molecule has 0 aliphatic carbocycles. The van der Waals surface area contributed by atoms with E-state index in [4.69, 9.17) is 4.74 Å². The highest BCUT2D eigenvalue weighted by Crippen LogP contribution is 2.21. The number of nitrogens with zero attached hydrogens (tertiary/aromatic N) is 1. The van der Waals surface area contributed by atoms with Crippen LogP contribution in [0.15, 0.2) is 34.1 Å². The molecule has 0 saturated carbocycles. The first-order chi connectivity index (χ1) is 11.6. The maximum atomic E-state index is 12.6. The monoisotopic (exact) mass is 391 g/mol. The van der Waals surface area contributed by atoms with E-state index in [1.165, 1.54) is 38.4 Å². The molecule has 1 fully saturated rings. The summed E-state index contributed by atoms with van der Waals surface area (Å²) in [6.45, 7) is 1.38. The SMILES string of the molecule is COCC1(CNS(=O)(=O)c2cccc(S(=O)(=O)N(C)C)c2)CCCN1. The first-order valence-corrected chi connectivity index (χ1v) is 10.8. The second-order valence-electron chi connectivity index (χ2n) is 6.33. The van der Waals surface area contributed by atoms with Gasteiger partial charge in [-0.15, -0.1) is 0 Å². The Balaban J connectivity index is 2.23. The molecule has 1 saturated heterocycles. The fourth-order valence-electron chi connectivity index (χ4n) is 2.80. The van der Waals surface area contributed by atoms with Crippen molar-refractivity contribution in [1.29, 1.82) is 0 Å². The normalized spacial score (nSPS) is 21.8. The van der Waals surface area contributed by atoms with Crippen molar-refractivity contribution in [1.82, 2.24) is 14.3 Å². The standard InChI is InChI=1S/C15H25N3O5S2/c1-18(2)25(21,22)14-7-4-6-13(10-14)24(19,20)17-11-15(12-23-3)8-5-9-16-15/h4,6-7,10,16-17H,5,8-9,11-12H2,1-3H3. The lowest BCUT2D eigenvalue weighted by Crippen LogP contribution is -2.52. The summed E-state index contributed by atoms with van der Waals surface area (Å²) in [6.07, 6.45) is 1.75. The van der Waals surface area contributed by atoms with E-state index >= 15 is 0 Å². The second-order valence-corrected chi connectivity index (χ2v) is 10.2. The third-order valence-electron chi connectivity index (χ3n) is 4.25. The van der Waals surface area contributed by atoms with Crippen molar-refractivity contribution in [3.63, 3.8) is 0 Å². The molecule has 1 aliphatic heterocycles. The van der Waals surface area contributed by atoms with Crippen molar-refractivity contribution in [2.75, 3.05) is 40.9 Å². The predicted octanol–water partition coefficient (Wildman–Crippen LogP) is -0.0162. The Morgan fingerprint density at radius 2 is 1.92 bits per heavy atom. The molecule has 0 spiro atoms. The highest BCUT2D eigenvalue weighted by Gasteiger charge is 2.35. The molecule has 10 heteroatoms. The quantitative estimate of drug-likeness (QED) is 0.646. The molecule has 0 bridgehead atoms. The Kier molecular flexibility index (Phi) is 6.23. The van der Waals surface area contributed by atoms with Gasteiger partial charge in [0.15, 0.2) is 0 Å². The van der Waals surface area contributed by atoms with E-state index in [0.717, 1.165) is 23.7 Å². The van der Waals surface area contributed by atoms with Gasteiger partial charge in [-0.25, -0.2) is 25.9 Å². The van der Waals surface area contributed by atoms with Crippen molar-refractivity contribution in [2.45, 2.75) is 28.2 Å². The largest absolute Gasteiger partial charge is 0.383 e. The number of benzene rings is 1. The van der Waals surface area contributed by atoms with Crippen LogP contribution in [-0.2, 0) is 24.8 Å². The second kappa shape index (κ2) is 7.68. The van der Waals surface area contributed by atoms with Crippen LogP contribution in [0.3, 0.4) is 0 Å². The number of sulfonamides is 2. The molecule has 142 valence electrons. The van der Waals surface area contributed by atoms with Crippen LogP contribution < -0.4 is 10.0 Å². The summed E-state index contributed by atoms with van der Waals surface area (Å²) in [6, 6.07) is 5.34. The molecular weight excluding hydrogens is 366 g/mol. The van der Waals surface area contributed by atoms with Gasteiger partial charge < -0.3 is 10.1 Å². The number of ether oxygens (including phenoxy) is 1. The zero-order valence-electron chi connectivity index (χ0n) is 14.6. The maximum absolute atomic E-state index is 12.6. The number of nitrogens with one attached hydrogen (secondary N) is 2. The van der Waals surface area contributed by atoms with Crippen molar-refractivity contribution in [3.05, 3.63) is 24.3 Å². The fourth-order valence-corrected chi connectivity index (χ4v) is 4.99. The van der Waals surface area contributed by atoms with Gasteiger partial charge in [0, 0.05) is 27.7 Å². The third kappa shape index (κ3) is 4.57. The average molecular weight is 392 g/mol. The summed E-state index contributed by atoms with van der Waals surface area (Å²) < 4.78 is 58.4. The van der Waals surface area contributed by atoms with Gasteiger partial charge in [0.1, 0.15) is 0 Å². The summed E-state index contributed by atoms with van der Waals surface area (Å²) in [7, 11) is -3.17. The summed E-state index contributed by atoms with van der Waals surface area (Å²) in [4.78, 5) is -0.146. The Bertz CT molecular complexity index is 800. The molecule has 25 heavy (non-hydrogen) atoms. The van der Waals surface area contributed by atoms with Crippen LogP contribution in [0, 0.1) is 0 Å². The minimum absolute atomic E-state index is 0.0639. The maximum Gasteiger partial charge on any atom is 0.242 e. The molecular formula is C15H25N3O5S2. The van der Waals surface area contributed by atoms with E-state index < -0.39 is 25.6 Å². The molecule has 0 aromatic heterocycles. The van der Waals surface area contributed by atoms with Crippen LogP contribution in [0.2, 0.25) is 0 Å². The van der Waals surface area contributed by atoms with Crippen molar-refractivity contribution < 1.29 is 21.6 Å². The minimum Gasteiger partial charge on any atom is -0.383 e. The van der Waals surface area contributed by atoms with Crippen LogP contribution >= 0.6 is 0 Å². The molecule has 1 aromatic carbocycles. The molecule has 1 atom stereocenters. The fraction of sp³-hybridized carbons (Fsp3) is 0.600. The zero-order chi connectivity index (χ0) is 18.7. The Labute approximate surface area is 149 Å². The van der Waals surface area contributed by atoms with E-state index in [1.807, 2.05) is 0 Å². The van der Waals surface area contributed by atoms with Gasteiger partial charge in [-0.3, -0.25) is 0 Å². The van der Waals surface area contributed by atoms with E-state index in [-0.39, 0.29) is 16.3 Å². The molecule has 1 unspecified atom stereocenters. The molecule has 0 amide bonds. The van der Waals surface area contributed by atoms with E-state index in [0.29, 0.717) is 6.61 Å². The minimum atomic E-state index is -3.84. The van der Waals surface area contributed by atoms with Gasteiger partial charge >= 0.3 is 0 Å². The zero-order valence-corrected chi connectivity index (χ0v) is 16.3. The van der Waals surface area contributed by atoms with Gasteiger partial charge in [0.2, 0.25) is 20.0 Å². The highest BCUT2D eigenvalue weighted by molar-refractivity contribution is 7.90. The summed E-state index contributed by atoms with van der Waals surface area (Å²) >= 11 is 0. The van der Waals surface area contributed by atoms with Crippen LogP contribution in [0.5, 0.6) is 0 Å². The van der Waals surface area contributed by atoms with Gasteiger partial charge in [-0.05, 0) is 37.6 Å². The Morgan fingerprint density at radius 3 is 2.48 bits per heavy atom. The number of hydrogen-bond acceptors (Lipinski definition) is 6. The topological polar surface area (TPSA) is 105 Å². The number of hydrogen-bond donors (Lipinski definition) is 2. The summed E-state index contributed by atoms with van der Waals surface area (Å²) in [5.74, 6) is 0. The third-order valence-corrected chi connectivity index (χ3v) is 7.46. The molecule has 1 heterocycles. The highest BCUT2D eigenvalue weighted by atomic mass is 32.2. The lowest BCUT2D eigenvalue weighted by Gasteiger charge is -2.28. The van der Waals surface area contributed by atoms with Crippen LogP contribution in [0.4, 0.5) is 0 Å². The first-order valence-electron chi connectivity index (χ1n) is 7.89. The lowest BCUT2D eigenvalue weighted by molar-refractivity contribution is 0.122. The Hall–Kier alpha value is -1.04. The predicted molar refractivity (Wildman–Crippen MR) is 94.3 cm³/mol. The van der Waals surface area contributed by atoms with Crippen molar-refractivity contribution in [3.8, 4) is 0 Å². The molecule has 2 N–H and O–H groups in total. The first kappa shape index (κ1) is 20.3. The van der Waals surface area contributed by atoms with Crippen LogP contribution in [-0.4, -0.2) is 67.6 Å². The molecule has 1 aliphatic rings. The van der Waals surface area contributed by atoms with Gasteiger partial charge in [-0.2, -0.15) is 0 Å². The van der Waals surface area contributed by atoms with Crippen LogP contribution in [0.1, 0.15) is 12.8 Å². The molecule has 2 rings (SSSR count). The van der Waals surface area contributed by atoms with Crippen molar-refractivity contribution >= 4 is 20.0 Å². The van der Waals surface area contributed by atoms with Crippen molar-refractivity contribution in [2.24, 2.45) is 0 Å². The van der Waals surface area contributed by atoms with Gasteiger partial charge in [0.25, 0.3) is 0 Å². The Morgan fingerprint density at radius 1 is 1.24 bits per heavy atom. The average Bonchev–Trinajstić information content (AvgIpc) is 3.02. The molecule has 8 nitrogen and oxygen atoms in total. The molecule has 1 aromatic rings. The molecule has 0 radical (unpaired) electrons. The van der Waals surface area contributed by atoms with Gasteiger partial charge in [0.05, 0.1) is 21.9 Å².